The quantitative estimate of drug-likeness (QED) is 0.581. The highest BCUT2D eigenvalue weighted by molar-refractivity contribution is 7.90. The minimum absolute atomic E-state index is 0.0991. The Hall–Kier alpha value is -1.15. The molecule has 0 aliphatic carbocycles. The fourth-order valence-electron chi connectivity index (χ4n) is 1.42. The van der Waals surface area contributed by atoms with Crippen LogP contribution in [0.15, 0.2) is 0 Å². The summed E-state index contributed by atoms with van der Waals surface area (Å²) in [6.45, 7) is 3.48. The normalized spacial score (nSPS) is 13.0. The van der Waals surface area contributed by atoms with Gasteiger partial charge in [0.1, 0.15) is 0 Å². The highest BCUT2D eigenvalue weighted by Crippen LogP contribution is 2.04. The van der Waals surface area contributed by atoms with Crippen LogP contribution < -0.4 is 4.72 Å². The Morgan fingerprint density at radius 3 is 2.39 bits per heavy atom. The van der Waals surface area contributed by atoms with E-state index in [1.54, 1.807) is 6.92 Å². The van der Waals surface area contributed by atoms with E-state index in [1.165, 1.54) is 0 Å². The lowest BCUT2D eigenvalue weighted by atomic mass is 10.1. The van der Waals surface area contributed by atoms with Crippen LogP contribution in [0.1, 0.15) is 33.1 Å². The maximum absolute atomic E-state index is 11.6. The average molecular weight is 281 g/mol. The monoisotopic (exact) mass is 281 g/mol. The minimum atomic E-state index is -3.86. The van der Waals surface area contributed by atoms with E-state index in [9.17, 15) is 18.0 Å². The second-order valence-corrected chi connectivity index (χ2v) is 5.52. The lowest BCUT2D eigenvalue weighted by Gasteiger charge is -2.15. The van der Waals surface area contributed by atoms with Crippen molar-refractivity contribution in [1.82, 2.24) is 4.72 Å². The van der Waals surface area contributed by atoms with Gasteiger partial charge in [-0.15, -0.1) is 0 Å². The molecule has 0 saturated carbocycles. The number of carbonyl (C=O) groups is 2. The van der Waals surface area contributed by atoms with E-state index in [0.717, 1.165) is 0 Å². The highest BCUT2D eigenvalue weighted by atomic mass is 32.2. The Balaban J connectivity index is 4.49. The molecule has 8 heteroatoms. The molecule has 1 atom stereocenters. The molecule has 7 nitrogen and oxygen atoms in total. The second-order valence-electron chi connectivity index (χ2n) is 3.77. The Kier molecular flexibility index (Phi) is 7.53. The van der Waals surface area contributed by atoms with Crippen LogP contribution in [-0.4, -0.2) is 43.9 Å². The predicted octanol–water partition coefficient (Wildman–Crippen LogP) is 0.112. The van der Waals surface area contributed by atoms with Crippen LogP contribution in [0.25, 0.3) is 0 Å². The van der Waals surface area contributed by atoms with Gasteiger partial charge in [-0.3, -0.25) is 9.59 Å². The molecule has 0 aliphatic rings. The SMILES string of the molecule is CCCC(CC(=O)O)NS(=O)(=O)CC(=O)OCC. The Bertz CT molecular complexity index is 378. The summed E-state index contributed by atoms with van der Waals surface area (Å²) < 4.78 is 29.9. The molecular formula is C10H19NO6S. The second kappa shape index (κ2) is 8.04. The minimum Gasteiger partial charge on any atom is -0.481 e. The van der Waals surface area contributed by atoms with Crippen molar-refractivity contribution in [2.24, 2.45) is 0 Å². The van der Waals surface area contributed by atoms with E-state index in [0.29, 0.717) is 12.8 Å². The zero-order valence-electron chi connectivity index (χ0n) is 10.5. The number of aliphatic carboxylic acids is 1. The first kappa shape index (κ1) is 16.9. The van der Waals surface area contributed by atoms with Crippen LogP contribution in [0, 0.1) is 0 Å². The van der Waals surface area contributed by atoms with Gasteiger partial charge in [-0.05, 0) is 13.3 Å². The molecule has 0 aromatic heterocycles. The van der Waals surface area contributed by atoms with Crippen LogP contribution in [0.5, 0.6) is 0 Å². The largest absolute Gasteiger partial charge is 0.481 e. The van der Waals surface area contributed by atoms with E-state index in [-0.39, 0.29) is 13.0 Å². The van der Waals surface area contributed by atoms with E-state index in [2.05, 4.69) is 9.46 Å². The van der Waals surface area contributed by atoms with Crippen LogP contribution in [0.3, 0.4) is 0 Å². The van der Waals surface area contributed by atoms with Crippen LogP contribution >= 0.6 is 0 Å². The summed E-state index contributed by atoms with van der Waals surface area (Å²) in [5.41, 5.74) is 0. The molecule has 18 heavy (non-hydrogen) atoms. The molecule has 0 aromatic rings. The number of carbonyl (C=O) groups excluding carboxylic acids is 1. The molecule has 0 spiro atoms. The van der Waals surface area contributed by atoms with Crippen molar-refractivity contribution in [3.05, 3.63) is 0 Å². The van der Waals surface area contributed by atoms with Crippen molar-refractivity contribution in [2.45, 2.75) is 39.2 Å². The smallest absolute Gasteiger partial charge is 0.322 e. The first-order chi connectivity index (χ1) is 8.30. The first-order valence-corrected chi connectivity index (χ1v) is 7.33. The third kappa shape index (κ3) is 8.02. The van der Waals surface area contributed by atoms with Gasteiger partial charge in [-0.25, -0.2) is 13.1 Å². The summed E-state index contributed by atoms with van der Waals surface area (Å²) in [6.07, 6.45) is 0.726. The van der Waals surface area contributed by atoms with Gasteiger partial charge < -0.3 is 9.84 Å². The molecule has 0 amide bonds. The molecule has 0 bridgehead atoms. The van der Waals surface area contributed by atoms with Crippen LogP contribution in [-0.2, 0) is 24.3 Å². The van der Waals surface area contributed by atoms with E-state index < -0.39 is 33.8 Å². The molecule has 106 valence electrons. The third-order valence-corrected chi connectivity index (χ3v) is 3.33. The number of nitrogens with one attached hydrogen (secondary N) is 1. The number of carboxylic acids is 1. The van der Waals surface area contributed by atoms with Crippen molar-refractivity contribution < 1.29 is 27.9 Å². The molecule has 2 N–H and O–H groups in total. The van der Waals surface area contributed by atoms with Gasteiger partial charge in [0, 0.05) is 6.04 Å². The van der Waals surface area contributed by atoms with Gasteiger partial charge in [0.05, 0.1) is 13.0 Å². The Labute approximate surface area is 107 Å². The maximum Gasteiger partial charge on any atom is 0.322 e. The van der Waals surface area contributed by atoms with Crippen molar-refractivity contribution in [3.63, 3.8) is 0 Å². The standard InChI is InChI=1S/C10H19NO6S/c1-3-5-8(6-9(12)13)11-18(15,16)7-10(14)17-4-2/h8,11H,3-7H2,1-2H3,(H,12,13). The summed E-state index contributed by atoms with van der Waals surface area (Å²) in [4.78, 5) is 21.6. The molecule has 0 fully saturated rings. The molecule has 0 radical (unpaired) electrons. The first-order valence-electron chi connectivity index (χ1n) is 5.68. The number of rotatable bonds is 9. The number of hydrogen-bond acceptors (Lipinski definition) is 5. The summed E-state index contributed by atoms with van der Waals surface area (Å²) in [5, 5.41) is 8.65. The van der Waals surface area contributed by atoms with E-state index >= 15 is 0 Å². The zero-order valence-corrected chi connectivity index (χ0v) is 11.3. The number of carboxylic acid groups (broad SMARTS) is 1. The predicted molar refractivity (Wildman–Crippen MR) is 64.5 cm³/mol. The number of hydrogen-bond donors (Lipinski definition) is 2. The summed E-state index contributed by atoms with van der Waals surface area (Å²) in [6, 6.07) is -0.702. The molecule has 0 saturated heterocycles. The van der Waals surface area contributed by atoms with Gasteiger partial charge in [0.2, 0.25) is 10.0 Å². The van der Waals surface area contributed by atoms with Gasteiger partial charge in [0.15, 0.2) is 5.75 Å². The molecule has 0 aliphatic heterocycles. The third-order valence-electron chi connectivity index (χ3n) is 2.02. The van der Waals surface area contributed by atoms with Crippen LogP contribution in [0.4, 0.5) is 0 Å². The topological polar surface area (TPSA) is 110 Å². The molecule has 0 rings (SSSR count). The van der Waals surface area contributed by atoms with Gasteiger partial charge >= 0.3 is 11.9 Å². The Morgan fingerprint density at radius 2 is 1.94 bits per heavy atom. The maximum atomic E-state index is 11.6. The Morgan fingerprint density at radius 1 is 1.33 bits per heavy atom. The van der Waals surface area contributed by atoms with E-state index in [4.69, 9.17) is 5.11 Å². The van der Waals surface area contributed by atoms with Crippen LogP contribution in [0.2, 0.25) is 0 Å². The summed E-state index contributed by atoms with van der Waals surface area (Å²) in [7, 11) is -3.86. The zero-order chi connectivity index (χ0) is 14.2. The summed E-state index contributed by atoms with van der Waals surface area (Å²) >= 11 is 0. The van der Waals surface area contributed by atoms with Crippen molar-refractivity contribution in [3.8, 4) is 0 Å². The van der Waals surface area contributed by atoms with Gasteiger partial charge in [0.25, 0.3) is 0 Å². The highest BCUT2D eigenvalue weighted by Gasteiger charge is 2.23. The van der Waals surface area contributed by atoms with Gasteiger partial charge in [-0.1, -0.05) is 13.3 Å². The summed E-state index contributed by atoms with van der Waals surface area (Å²) in [5.74, 6) is -2.73. The lowest BCUT2D eigenvalue weighted by Crippen LogP contribution is -2.39. The van der Waals surface area contributed by atoms with Crippen molar-refractivity contribution in [2.75, 3.05) is 12.4 Å². The average Bonchev–Trinajstić information content (AvgIpc) is 2.14. The lowest BCUT2D eigenvalue weighted by molar-refractivity contribution is -0.140. The number of sulfonamides is 1. The molecule has 1 unspecified atom stereocenters. The number of esters is 1. The van der Waals surface area contributed by atoms with Gasteiger partial charge in [-0.2, -0.15) is 0 Å². The fraction of sp³-hybridized carbons (Fsp3) is 0.800. The fourth-order valence-corrected chi connectivity index (χ4v) is 2.60. The molecule has 0 heterocycles. The molecule has 0 aromatic carbocycles. The van der Waals surface area contributed by atoms with Crippen molar-refractivity contribution in [1.29, 1.82) is 0 Å². The molecular weight excluding hydrogens is 262 g/mol. The van der Waals surface area contributed by atoms with Crippen molar-refractivity contribution >= 4 is 22.0 Å². The van der Waals surface area contributed by atoms with E-state index in [1.807, 2.05) is 6.92 Å². The number of ether oxygens (including phenoxy) is 1.